The van der Waals surface area contributed by atoms with E-state index in [-0.39, 0.29) is 11.9 Å². The van der Waals surface area contributed by atoms with Crippen molar-refractivity contribution in [3.8, 4) is 5.75 Å². The quantitative estimate of drug-likeness (QED) is 0.840. The van der Waals surface area contributed by atoms with Gasteiger partial charge in [0.15, 0.2) is 6.73 Å². The maximum atomic E-state index is 13.2. The van der Waals surface area contributed by atoms with Crippen LogP contribution in [0.5, 0.6) is 5.75 Å². The summed E-state index contributed by atoms with van der Waals surface area (Å²) in [4.78, 5) is 15.0. The molecular formula is C21H25NO3. The molecule has 4 rings (SSSR count). The third kappa shape index (κ3) is 2.99. The topological polar surface area (TPSA) is 38.8 Å². The first-order valence-corrected chi connectivity index (χ1v) is 9.35. The number of ether oxygens (including phenoxy) is 2. The summed E-state index contributed by atoms with van der Waals surface area (Å²) < 4.78 is 11.7. The number of nitrogens with zero attached hydrogens (tertiary/aromatic N) is 1. The standard InChI is InChI=1S/C21H25NO3/c1-2-3-7-15-12-19-20(18-10-5-4-9-17(15)18)25-14-22(21(19)23)16-8-6-11-24-13-16/h4-5,9-10,12,16H,2-3,6-8,11,13-14H2,1H3. The molecule has 0 bridgehead atoms. The van der Waals surface area contributed by atoms with Gasteiger partial charge in [-0.3, -0.25) is 9.69 Å². The Balaban J connectivity index is 1.75. The molecule has 1 amide bonds. The van der Waals surface area contributed by atoms with Gasteiger partial charge in [-0.2, -0.15) is 0 Å². The number of hydrogen-bond donors (Lipinski definition) is 0. The molecule has 1 unspecified atom stereocenters. The minimum Gasteiger partial charge on any atom is -0.472 e. The van der Waals surface area contributed by atoms with Gasteiger partial charge in [0.25, 0.3) is 5.91 Å². The van der Waals surface area contributed by atoms with Crippen LogP contribution < -0.4 is 4.74 Å². The molecule has 2 aliphatic rings. The van der Waals surface area contributed by atoms with Crippen LogP contribution >= 0.6 is 0 Å². The van der Waals surface area contributed by atoms with Gasteiger partial charge < -0.3 is 9.47 Å². The zero-order valence-corrected chi connectivity index (χ0v) is 14.8. The van der Waals surface area contributed by atoms with Crippen LogP contribution in [0.1, 0.15) is 48.5 Å². The van der Waals surface area contributed by atoms with Crippen LogP contribution in [-0.2, 0) is 11.2 Å². The SMILES string of the molecule is CCCCc1cc2c(c3ccccc13)OCN(C1CCCOC1)C2=O. The van der Waals surface area contributed by atoms with E-state index in [1.807, 2.05) is 11.0 Å². The largest absolute Gasteiger partial charge is 0.472 e. The number of aryl methyl sites for hydroxylation is 1. The van der Waals surface area contributed by atoms with Gasteiger partial charge in [-0.05, 0) is 42.7 Å². The Morgan fingerprint density at radius 1 is 1.24 bits per heavy atom. The molecule has 1 saturated heterocycles. The van der Waals surface area contributed by atoms with Crippen molar-refractivity contribution in [3.05, 3.63) is 41.5 Å². The molecule has 0 spiro atoms. The predicted molar refractivity (Wildman–Crippen MR) is 98.1 cm³/mol. The first-order chi connectivity index (χ1) is 12.3. The molecule has 2 aliphatic heterocycles. The van der Waals surface area contributed by atoms with E-state index in [9.17, 15) is 4.79 Å². The number of carbonyl (C=O) groups excluding carboxylic acids is 1. The highest BCUT2D eigenvalue weighted by atomic mass is 16.5. The predicted octanol–water partition coefficient (Wildman–Crippen LogP) is 4.15. The molecule has 0 saturated carbocycles. The summed E-state index contributed by atoms with van der Waals surface area (Å²) in [5.74, 6) is 0.828. The number of hydrogen-bond acceptors (Lipinski definition) is 3. The zero-order chi connectivity index (χ0) is 17.2. The van der Waals surface area contributed by atoms with Crippen molar-refractivity contribution in [2.45, 2.75) is 45.1 Å². The lowest BCUT2D eigenvalue weighted by Gasteiger charge is -2.37. The normalized spacial score (nSPS) is 20.4. The molecule has 2 aromatic rings. The fourth-order valence-corrected chi connectivity index (χ4v) is 3.90. The van der Waals surface area contributed by atoms with Gasteiger partial charge in [0.05, 0.1) is 18.2 Å². The fourth-order valence-electron chi connectivity index (χ4n) is 3.90. The maximum Gasteiger partial charge on any atom is 0.260 e. The lowest BCUT2D eigenvalue weighted by atomic mass is 9.94. The molecule has 0 aromatic heterocycles. The van der Waals surface area contributed by atoms with E-state index in [1.54, 1.807) is 0 Å². The summed E-state index contributed by atoms with van der Waals surface area (Å²) in [6, 6.07) is 10.5. The number of fused-ring (bicyclic) bond motifs is 3. The Morgan fingerprint density at radius 2 is 2.08 bits per heavy atom. The van der Waals surface area contributed by atoms with Gasteiger partial charge >= 0.3 is 0 Å². The first kappa shape index (κ1) is 16.4. The summed E-state index contributed by atoms with van der Waals surface area (Å²) in [7, 11) is 0. The Hall–Kier alpha value is -2.07. The second-order valence-electron chi connectivity index (χ2n) is 6.98. The monoisotopic (exact) mass is 339 g/mol. The van der Waals surface area contributed by atoms with E-state index >= 15 is 0 Å². The smallest absolute Gasteiger partial charge is 0.260 e. The van der Waals surface area contributed by atoms with Gasteiger partial charge in [0.2, 0.25) is 0 Å². The van der Waals surface area contributed by atoms with Crippen LogP contribution in [0, 0.1) is 0 Å². The molecule has 1 atom stereocenters. The Bertz CT molecular complexity index is 780. The van der Waals surface area contributed by atoms with Crippen LogP contribution in [-0.4, -0.2) is 36.8 Å². The molecule has 132 valence electrons. The lowest BCUT2D eigenvalue weighted by Crippen LogP contribution is -2.49. The molecule has 4 nitrogen and oxygen atoms in total. The van der Waals surface area contributed by atoms with E-state index in [0.717, 1.165) is 49.8 Å². The Kier molecular flexibility index (Phi) is 4.62. The molecule has 0 N–H and O–H groups in total. The van der Waals surface area contributed by atoms with Crippen molar-refractivity contribution in [1.82, 2.24) is 4.90 Å². The fraction of sp³-hybridized carbons (Fsp3) is 0.476. The third-order valence-electron chi connectivity index (χ3n) is 5.30. The maximum absolute atomic E-state index is 13.2. The van der Waals surface area contributed by atoms with Crippen molar-refractivity contribution < 1.29 is 14.3 Å². The third-order valence-corrected chi connectivity index (χ3v) is 5.30. The average Bonchev–Trinajstić information content (AvgIpc) is 2.67. The van der Waals surface area contributed by atoms with Gasteiger partial charge in [0.1, 0.15) is 5.75 Å². The van der Waals surface area contributed by atoms with Gasteiger partial charge in [-0.1, -0.05) is 37.6 Å². The molecule has 2 aromatic carbocycles. The number of carbonyl (C=O) groups is 1. The van der Waals surface area contributed by atoms with E-state index < -0.39 is 0 Å². The highest BCUT2D eigenvalue weighted by molar-refractivity contribution is 6.05. The van der Waals surface area contributed by atoms with Crippen LogP contribution in [0.3, 0.4) is 0 Å². The average molecular weight is 339 g/mol. The van der Waals surface area contributed by atoms with Crippen molar-refractivity contribution in [1.29, 1.82) is 0 Å². The summed E-state index contributed by atoms with van der Waals surface area (Å²) in [6.07, 6.45) is 5.24. The number of unbranched alkanes of at least 4 members (excludes halogenated alkanes) is 1. The number of benzene rings is 2. The van der Waals surface area contributed by atoms with Gasteiger partial charge in [-0.15, -0.1) is 0 Å². The molecule has 4 heteroatoms. The van der Waals surface area contributed by atoms with E-state index in [1.165, 1.54) is 10.9 Å². The van der Waals surface area contributed by atoms with Crippen molar-refractivity contribution >= 4 is 16.7 Å². The lowest BCUT2D eigenvalue weighted by molar-refractivity contribution is -0.00956. The van der Waals surface area contributed by atoms with Crippen molar-refractivity contribution in [2.24, 2.45) is 0 Å². The van der Waals surface area contributed by atoms with Crippen LogP contribution in [0.15, 0.2) is 30.3 Å². The van der Waals surface area contributed by atoms with Crippen molar-refractivity contribution in [2.75, 3.05) is 19.9 Å². The molecule has 0 radical (unpaired) electrons. The highest BCUT2D eigenvalue weighted by Crippen LogP contribution is 2.37. The summed E-state index contributed by atoms with van der Waals surface area (Å²) in [6.45, 7) is 3.92. The van der Waals surface area contributed by atoms with Crippen LogP contribution in [0.2, 0.25) is 0 Å². The molecule has 1 fully saturated rings. The first-order valence-electron chi connectivity index (χ1n) is 9.35. The summed E-state index contributed by atoms with van der Waals surface area (Å²) in [5, 5.41) is 2.26. The minimum atomic E-state index is 0.0836. The molecular weight excluding hydrogens is 314 g/mol. The second kappa shape index (κ2) is 7.04. The number of amides is 1. The number of rotatable bonds is 4. The van der Waals surface area contributed by atoms with Crippen molar-refractivity contribution in [3.63, 3.8) is 0 Å². The molecule has 0 aliphatic carbocycles. The van der Waals surface area contributed by atoms with E-state index in [2.05, 4.69) is 31.2 Å². The Morgan fingerprint density at radius 3 is 2.84 bits per heavy atom. The molecule has 2 heterocycles. The van der Waals surface area contributed by atoms with E-state index in [0.29, 0.717) is 18.9 Å². The zero-order valence-electron chi connectivity index (χ0n) is 14.8. The Labute approximate surface area is 148 Å². The summed E-state index contributed by atoms with van der Waals surface area (Å²) in [5.41, 5.74) is 1.96. The van der Waals surface area contributed by atoms with E-state index in [4.69, 9.17) is 9.47 Å². The van der Waals surface area contributed by atoms with Gasteiger partial charge in [0, 0.05) is 12.0 Å². The minimum absolute atomic E-state index is 0.0836. The van der Waals surface area contributed by atoms with Crippen LogP contribution in [0.4, 0.5) is 0 Å². The van der Waals surface area contributed by atoms with Crippen LogP contribution in [0.25, 0.3) is 10.8 Å². The van der Waals surface area contributed by atoms with Gasteiger partial charge in [-0.25, -0.2) is 0 Å². The second-order valence-corrected chi connectivity index (χ2v) is 6.98. The summed E-state index contributed by atoms with van der Waals surface area (Å²) >= 11 is 0. The highest BCUT2D eigenvalue weighted by Gasteiger charge is 2.33. The molecule has 25 heavy (non-hydrogen) atoms.